The van der Waals surface area contributed by atoms with Gasteiger partial charge in [0.15, 0.2) is 5.78 Å². The Morgan fingerprint density at radius 1 is 0.714 bits per heavy atom. The lowest BCUT2D eigenvalue weighted by Gasteiger charge is -2.21. The van der Waals surface area contributed by atoms with Crippen molar-refractivity contribution < 1.29 is 19.2 Å². The van der Waals surface area contributed by atoms with Crippen molar-refractivity contribution in [3.05, 3.63) is 0 Å². The van der Waals surface area contributed by atoms with E-state index in [4.69, 9.17) is 0 Å². The minimum atomic E-state index is -0.832. The number of amides is 2. The molecular weight excluding hydrogens is 356 g/mol. The van der Waals surface area contributed by atoms with Gasteiger partial charge in [0.1, 0.15) is 0 Å². The minimum Gasteiger partial charge on any atom is -0.345 e. The van der Waals surface area contributed by atoms with Crippen LogP contribution in [-0.4, -0.2) is 35.5 Å². The number of unbranched alkanes of at least 4 members (excludes halogenated alkanes) is 4. The summed E-state index contributed by atoms with van der Waals surface area (Å²) in [6, 6.07) is -1.48. The van der Waals surface area contributed by atoms with Crippen LogP contribution in [-0.2, 0) is 19.2 Å². The van der Waals surface area contributed by atoms with Crippen molar-refractivity contribution in [1.82, 2.24) is 10.6 Å². The molecular formula is C22H40N2O4. The predicted molar refractivity (Wildman–Crippen MR) is 112 cm³/mol. The van der Waals surface area contributed by atoms with E-state index in [-0.39, 0.29) is 17.6 Å². The molecule has 28 heavy (non-hydrogen) atoms. The molecule has 0 aliphatic heterocycles. The highest BCUT2D eigenvalue weighted by Crippen LogP contribution is 2.10. The Hall–Kier alpha value is -1.72. The molecule has 0 aliphatic carbocycles. The molecule has 3 atom stereocenters. The molecule has 0 aliphatic rings. The van der Waals surface area contributed by atoms with Gasteiger partial charge in [0.25, 0.3) is 5.91 Å². The number of carbonyl (C=O) groups excluding carboxylic acids is 4. The fraction of sp³-hybridized carbons (Fsp3) is 0.818. The summed E-state index contributed by atoms with van der Waals surface area (Å²) >= 11 is 0. The molecule has 0 rings (SSSR count). The van der Waals surface area contributed by atoms with E-state index in [2.05, 4.69) is 24.5 Å². The van der Waals surface area contributed by atoms with E-state index in [0.717, 1.165) is 51.4 Å². The van der Waals surface area contributed by atoms with Crippen molar-refractivity contribution in [2.45, 2.75) is 111 Å². The Morgan fingerprint density at radius 2 is 1.25 bits per heavy atom. The largest absolute Gasteiger partial charge is 0.345 e. The van der Waals surface area contributed by atoms with Crippen LogP contribution in [0.15, 0.2) is 0 Å². The lowest BCUT2D eigenvalue weighted by atomic mass is 10.00. The lowest BCUT2D eigenvalue weighted by molar-refractivity contribution is -0.141. The standard InChI is InChI=1S/C22H40N2O4/c1-6-9-11-14-18(17(5)25)23-22(28)20(26)19(15-12-10-7-2)24-21(27)16(4)13-8-3/h16,18-19H,6-15H2,1-5H3,(H,23,28)(H,24,27). The van der Waals surface area contributed by atoms with Crippen LogP contribution in [0.3, 0.4) is 0 Å². The van der Waals surface area contributed by atoms with Crippen LogP contribution >= 0.6 is 0 Å². The minimum absolute atomic E-state index is 0.152. The van der Waals surface area contributed by atoms with Gasteiger partial charge in [0.05, 0.1) is 12.1 Å². The zero-order valence-corrected chi connectivity index (χ0v) is 18.4. The van der Waals surface area contributed by atoms with E-state index >= 15 is 0 Å². The maximum absolute atomic E-state index is 12.7. The Morgan fingerprint density at radius 3 is 1.71 bits per heavy atom. The Balaban J connectivity index is 5.03. The third-order valence-electron chi connectivity index (χ3n) is 5.01. The molecule has 0 fully saturated rings. The van der Waals surface area contributed by atoms with Gasteiger partial charge in [-0.3, -0.25) is 19.2 Å². The molecule has 0 saturated carbocycles. The van der Waals surface area contributed by atoms with Crippen LogP contribution in [0.5, 0.6) is 0 Å². The normalized spacial score (nSPS) is 14.0. The summed E-state index contributed by atoms with van der Waals surface area (Å²) in [5.74, 6) is -1.99. The van der Waals surface area contributed by atoms with Gasteiger partial charge in [-0.25, -0.2) is 0 Å². The fourth-order valence-corrected chi connectivity index (χ4v) is 3.11. The Bertz CT molecular complexity index is 505. The van der Waals surface area contributed by atoms with E-state index in [1.165, 1.54) is 6.92 Å². The molecule has 2 amide bonds. The van der Waals surface area contributed by atoms with E-state index in [0.29, 0.717) is 12.8 Å². The summed E-state index contributed by atoms with van der Waals surface area (Å²) in [6.07, 6.45) is 8.05. The van der Waals surface area contributed by atoms with Gasteiger partial charge >= 0.3 is 0 Å². The Labute approximate surface area is 170 Å². The van der Waals surface area contributed by atoms with E-state index in [9.17, 15) is 19.2 Å². The van der Waals surface area contributed by atoms with Gasteiger partial charge in [-0.2, -0.15) is 0 Å². The van der Waals surface area contributed by atoms with Gasteiger partial charge in [0, 0.05) is 5.92 Å². The van der Waals surface area contributed by atoms with Crippen molar-refractivity contribution >= 4 is 23.4 Å². The maximum Gasteiger partial charge on any atom is 0.290 e. The monoisotopic (exact) mass is 396 g/mol. The second-order valence-corrected chi connectivity index (χ2v) is 7.74. The molecule has 0 aromatic carbocycles. The van der Waals surface area contributed by atoms with Crippen LogP contribution in [0.1, 0.15) is 98.8 Å². The molecule has 0 aromatic rings. The average Bonchev–Trinajstić information content (AvgIpc) is 2.65. The quantitative estimate of drug-likeness (QED) is 0.307. The second-order valence-electron chi connectivity index (χ2n) is 7.74. The molecule has 0 radical (unpaired) electrons. The van der Waals surface area contributed by atoms with Crippen LogP contribution in [0.4, 0.5) is 0 Å². The van der Waals surface area contributed by atoms with Crippen LogP contribution in [0, 0.1) is 5.92 Å². The highest BCUT2D eigenvalue weighted by molar-refractivity contribution is 6.38. The zero-order chi connectivity index (χ0) is 21.5. The van der Waals surface area contributed by atoms with Gasteiger partial charge < -0.3 is 10.6 Å². The SMILES string of the molecule is CCCCCC(NC(=O)C(=O)C(CCCCC)NC(=O)C(C)CCC)C(C)=O. The number of carbonyl (C=O) groups is 4. The summed E-state index contributed by atoms with van der Waals surface area (Å²) in [6.45, 7) is 9.37. The lowest BCUT2D eigenvalue weighted by Crippen LogP contribution is -2.51. The predicted octanol–water partition coefficient (Wildman–Crippen LogP) is 3.71. The van der Waals surface area contributed by atoms with Gasteiger partial charge in [-0.1, -0.05) is 72.6 Å². The van der Waals surface area contributed by atoms with Crippen LogP contribution in [0.2, 0.25) is 0 Å². The number of nitrogens with one attached hydrogen (secondary N) is 2. The van der Waals surface area contributed by atoms with Crippen molar-refractivity contribution in [3.63, 3.8) is 0 Å². The third kappa shape index (κ3) is 10.6. The number of ketones is 2. The highest BCUT2D eigenvalue weighted by atomic mass is 16.2. The zero-order valence-electron chi connectivity index (χ0n) is 18.4. The number of hydrogen-bond acceptors (Lipinski definition) is 4. The molecule has 6 heteroatoms. The third-order valence-corrected chi connectivity index (χ3v) is 5.01. The number of hydrogen-bond donors (Lipinski definition) is 2. The van der Waals surface area contributed by atoms with Crippen molar-refractivity contribution in [2.75, 3.05) is 0 Å². The smallest absolute Gasteiger partial charge is 0.290 e. The molecule has 0 heterocycles. The van der Waals surface area contributed by atoms with E-state index in [1.54, 1.807) is 0 Å². The molecule has 0 bridgehead atoms. The number of rotatable bonds is 16. The summed E-state index contributed by atoms with van der Waals surface area (Å²) in [7, 11) is 0. The molecule has 3 unspecified atom stereocenters. The van der Waals surface area contributed by atoms with Crippen molar-refractivity contribution in [3.8, 4) is 0 Å². The van der Waals surface area contributed by atoms with Crippen molar-refractivity contribution in [2.24, 2.45) is 5.92 Å². The first-order valence-electron chi connectivity index (χ1n) is 10.9. The summed E-state index contributed by atoms with van der Waals surface area (Å²) in [5, 5.41) is 5.35. The average molecular weight is 397 g/mol. The molecule has 2 N–H and O–H groups in total. The molecule has 0 spiro atoms. The van der Waals surface area contributed by atoms with Gasteiger partial charge in [0.2, 0.25) is 11.7 Å². The van der Waals surface area contributed by atoms with Gasteiger partial charge in [-0.05, 0) is 26.2 Å². The fourth-order valence-electron chi connectivity index (χ4n) is 3.11. The van der Waals surface area contributed by atoms with Crippen LogP contribution in [0.25, 0.3) is 0 Å². The first kappa shape index (κ1) is 26.3. The van der Waals surface area contributed by atoms with E-state index in [1.807, 2.05) is 13.8 Å². The summed E-state index contributed by atoms with van der Waals surface area (Å²) < 4.78 is 0. The molecule has 0 saturated heterocycles. The highest BCUT2D eigenvalue weighted by Gasteiger charge is 2.29. The molecule has 6 nitrogen and oxygen atoms in total. The first-order chi connectivity index (χ1) is 13.3. The summed E-state index contributed by atoms with van der Waals surface area (Å²) in [4.78, 5) is 49.4. The summed E-state index contributed by atoms with van der Waals surface area (Å²) in [5.41, 5.74) is 0. The molecule has 162 valence electrons. The van der Waals surface area contributed by atoms with Crippen molar-refractivity contribution in [1.29, 1.82) is 0 Å². The molecule has 0 aromatic heterocycles. The van der Waals surface area contributed by atoms with Gasteiger partial charge in [-0.15, -0.1) is 0 Å². The maximum atomic E-state index is 12.7. The van der Waals surface area contributed by atoms with E-state index < -0.39 is 23.8 Å². The number of Topliss-reactive ketones (excluding diaryl/α,β-unsaturated/α-hetero) is 2. The second kappa shape index (κ2) is 15.2. The Kier molecular flexibility index (Phi) is 14.3. The topological polar surface area (TPSA) is 92.3 Å². The first-order valence-corrected chi connectivity index (χ1v) is 10.9. The van der Waals surface area contributed by atoms with Crippen LogP contribution < -0.4 is 10.6 Å².